The van der Waals surface area contributed by atoms with E-state index in [9.17, 15) is 22.4 Å². The molecule has 0 atom stereocenters. The number of hydrogen-bond donors (Lipinski definition) is 0. The number of carbonyl (C=O) groups is 1. The predicted molar refractivity (Wildman–Crippen MR) is 135 cm³/mol. The number of morpholine rings is 1. The number of rotatable bonds is 5. The predicted octanol–water partition coefficient (Wildman–Crippen LogP) is 5.49. The highest BCUT2D eigenvalue weighted by Gasteiger charge is 2.65. The first kappa shape index (κ1) is 25.3. The van der Waals surface area contributed by atoms with Crippen molar-refractivity contribution in [3.8, 4) is 16.9 Å². The summed E-state index contributed by atoms with van der Waals surface area (Å²) in [6.45, 7) is 4.32. The Morgan fingerprint density at radius 3 is 2.56 bits per heavy atom. The molecule has 1 aliphatic carbocycles. The number of ether oxygens (including phenoxy) is 2. The summed E-state index contributed by atoms with van der Waals surface area (Å²) in [6, 6.07) is 7.00. The number of fused-ring (bicyclic) bond motifs is 1. The zero-order valence-corrected chi connectivity index (χ0v) is 21.0. The summed E-state index contributed by atoms with van der Waals surface area (Å²) in [6.07, 6.45) is 1.86. The number of aromatic nitrogens is 3. The van der Waals surface area contributed by atoms with Crippen molar-refractivity contribution in [3.05, 3.63) is 77.8 Å². The fraction of sp³-hybridized carbons (Fsp3) is 0.321. The van der Waals surface area contributed by atoms with Gasteiger partial charge in [0.2, 0.25) is 0 Å². The lowest BCUT2D eigenvalue weighted by Gasteiger charge is -2.29. The van der Waals surface area contributed by atoms with Gasteiger partial charge in [-0.3, -0.25) is 4.98 Å². The first-order valence-corrected chi connectivity index (χ1v) is 12.5. The topological polar surface area (TPSA) is 69.0 Å². The average Bonchev–Trinajstić information content (AvgIpc) is 3.62. The van der Waals surface area contributed by atoms with Crippen LogP contribution in [-0.4, -0.2) is 52.8 Å². The molecule has 0 N–H and O–H groups in total. The van der Waals surface area contributed by atoms with Crippen LogP contribution in [0.15, 0.2) is 55.1 Å². The molecule has 6 rings (SSSR count). The van der Waals surface area contributed by atoms with Crippen molar-refractivity contribution in [1.29, 1.82) is 0 Å². The molecule has 2 fully saturated rings. The van der Waals surface area contributed by atoms with Crippen LogP contribution in [0.25, 0.3) is 16.8 Å². The van der Waals surface area contributed by atoms with E-state index < -0.39 is 23.4 Å². The molecule has 0 unspecified atom stereocenters. The number of imidazole rings is 1. The Hall–Kier alpha value is -3.99. The van der Waals surface area contributed by atoms with Gasteiger partial charge in [0.1, 0.15) is 5.41 Å². The van der Waals surface area contributed by atoms with Crippen molar-refractivity contribution in [2.45, 2.75) is 31.4 Å². The monoisotopic (exact) mass is 540 g/mol. The number of nitrogens with zero attached hydrogens (tertiary/aromatic N) is 4. The number of pyridine rings is 2. The lowest BCUT2D eigenvalue weighted by molar-refractivity contribution is -0.161. The highest BCUT2D eigenvalue weighted by Crippen LogP contribution is 2.58. The van der Waals surface area contributed by atoms with Crippen LogP contribution in [0.5, 0.6) is 5.75 Å². The lowest BCUT2D eigenvalue weighted by Crippen LogP contribution is -2.36. The van der Waals surface area contributed by atoms with Crippen molar-refractivity contribution in [2.24, 2.45) is 0 Å². The number of aryl methyl sites for hydroxylation is 1. The molecule has 39 heavy (non-hydrogen) atoms. The average molecular weight is 541 g/mol. The maximum atomic E-state index is 15.0. The normalized spacial score (nSPS) is 16.9. The van der Waals surface area contributed by atoms with Crippen LogP contribution in [0, 0.1) is 12.7 Å². The largest absolute Gasteiger partial charge is 0.420 e. The molecule has 0 amide bonds. The lowest BCUT2D eigenvalue weighted by atomic mass is 9.99. The second-order valence-electron chi connectivity index (χ2n) is 9.87. The Kier molecular flexibility index (Phi) is 6.05. The van der Waals surface area contributed by atoms with Gasteiger partial charge in [-0.25, -0.2) is 14.2 Å². The number of alkyl halides is 3. The fourth-order valence-corrected chi connectivity index (χ4v) is 5.03. The van der Waals surface area contributed by atoms with E-state index in [-0.39, 0.29) is 29.8 Å². The molecule has 1 aliphatic heterocycles. The minimum Gasteiger partial charge on any atom is -0.420 e. The smallest absolute Gasteiger partial charge is 0.399 e. The molecule has 0 spiro atoms. The molecule has 0 bridgehead atoms. The van der Waals surface area contributed by atoms with Gasteiger partial charge in [0.05, 0.1) is 30.2 Å². The summed E-state index contributed by atoms with van der Waals surface area (Å²) >= 11 is 0. The summed E-state index contributed by atoms with van der Waals surface area (Å²) < 4.78 is 68.4. The molecule has 4 heterocycles. The van der Waals surface area contributed by atoms with E-state index in [0.29, 0.717) is 37.4 Å². The third kappa shape index (κ3) is 4.50. The molecule has 11 heteroatoms. The van der Waals surface area contributed by atoms with Gasteiger partial charge in [0.25, 0.3) is 0 Å². The SMILES string of the molecule is Cc1cc(F)c(OC(=O)c2ccnc(C3(C(F)(F)F)CC3)c2)cc1-c1cc(N2CCOCC2)c2nccn2c1. The molecule has 1 saturated carbocycles. The van der Waals surface area contributed by atoms with E-state index in [2.05, 4.69) is 14.9 Å². The van der Waals surface area contributed by atoms with Crippen molar-refractivity contribution >= 4 is 17.3 Å². The van der Waals surface area contributed by atoms with Crippen molar-refractivity contribution in [3.63, 3.8) is 0 Å². The van der Waals surface area contributed by atoms with Crippen LogP contribution in [0.3, 0.4) is 0 Å². The molecule has 1 aromatic carbocycles. The van der Waals surface area contributed by atoms with E-state index in [0.717, 1.165) is 29.2 Å². The maximum absolute atomic E-state index is 15.0. The molecular formula is C28H24F4N4O3. The van der Waals surface area contributed by atoms with Gasteiger partial charge >= 0.3 is 12.1 Å². The van der Waals surface area contributed by atoms with E-state index in [1.165, 1.54) is 18.2 Å². The second kappa shape index (κ2) is 9.33. The number of benzene rings is 1. The van der Waals surface area contributed by atoms with Crippen LogP contribution in [0.2, 0.25) is 0 Å². The van der Waals surface area contributed by atoms with Crippen LogP contribution in [0.4, 0.5) is 23.2 Å². The van der Waals surface area contributed by atoms with E-state index in [1.54, 1.807) is 13.1 Å². The summed E-state index contributed by atoms with van der Waals surface area (Å²) in [7, 11) is 0. The molecule has 2 aliphatic rings. The Balaban J connectivity index is 1.33. The third-order valence-electron chi connectivity index (χ3n) is 7.39. The molecule has 4 aromatic rings. The van der Waals surface area contributed by atoms with Crippen LogP contribution >= 0.6 is 0 Å². The standard InChI is InChI=1S/C28H24F4N4O3/c1-17-12-21(29)23(39-26(37)18-2-5-33-24(14-18)27(3-4-27)28(30,31)32)15-20(17)19-13-22(35-8-10-38-11-9-35)25-34-6-7-36(25)16-19/h2,5-7,12-16H,3-4,8-11H2,1H3. The third-order valence-corrected chi connectivity index (χ3v) is 7.39. The summed E-state index contributed by atoms with van der Waals surface area (Å²) in [5.41, 5.74) is 1.25. The molecule has 202 valence electrons. The molecule has 1 saturated heterocycles. The number of esters is 1. The molecule has 3 aromatic heterocycles. The minimum absolute atomic E-state index is 0.0916. The van der Waals surface area contributed by atoms with E-state index >= 15 is 0 Å². The summed E-state index contributed by atoms with van der Waals surface area (Å²) in [4.78, 5) is 23.4. The van der Waals surface area contributed by atoms with Gasteiger partial charge in [-0.05, 0) is 61.2 Å². The Labute approximate surface area is 221 Å². The van der Waals surface area contributed by atoms with Crippen LogP contribution in [-0.2, 0) is 10.2 Å². The highest BCUT2D eigenvalue weighted by atomic mass is 19.4. The number of anilines is 1. The highest BCUT2D eigenvalue weighted by molar-refractivity contribution is 5.91. The Morgan fingerprint density at radius 1 is 1.08 bits per heavy atom. The second-order valence-corrected chi connectivity index (χ2v) is 9.87. The van der Waals surface area contributed by atoms with E-state index in [4.69, 9.17) is 9.47 Å². The minimum atomic E-state index is -4.48. The van der Waals surface area contributed by atoms with E-state index in [1.807, 2.05) is 22.9 Å². The van der Waals surface area contributed by atoms with Crippen LogP contribution in [0.1, 0.15) is 34.5 Å². The first-order chi connectivity index (χ1) is 18.7. The zero-order chi connectivity index (χ0) is 27.4. The van der Waals surface area contributed by atoms with Gasteiger partial charge < -0.3 is 18.8 Å². The zero-order valence-electron chi connectivity index (χ0n) is 21.0. The van der Waals surface area contributed by atoms with Gasteiger partial charge in [-0.2, -0.15) is 13.2 Å². The van der Waals surface area contributed by atoms with Crippen molar-refractivity contribution in [1.82, 2.24) is 14.4 Å². The van der Waals surface area contributed by atoms with Gasteiger partial charge in [0, 0.05) is 43.4 Å². The van der Waals surface area contributed by atoms with Crippen molar-refractivity contribution in [2.75, 3.05) is 31.2 Å². The first-order valence-electron chi connectivity index (χ1n) is 12.5. The molecular weight excluding hydrogens is 516 g/mol. The maximum Gasteiger partial charge on any atom is 0.399 e. The quantitative estimate of drug-likeness (QED) is 0.189. The summed E-state index contributed by atoms with van der Waals surface area (Å²) in [5.74, 6) is -2.05. The van der Waals surface area contributed by atoms with Crippen molar-refractivity contribution < 1.29 is 31.8 Å². The van der Waals surface area contributed by atoms with Crippen LogP contribution < -0.4 is 9.64 Å². The number of carbonyl (C=O) groups excluding carboxylic acids is 1. The van der Waals surface area contributed by atoms with Gasteiger partial charge in [0.15, 0.2) is 17.2 Å². The molecule has 7 nitrogen and oxygen atoms in total. The Bertz CT molecular complexity index is 1570. The number of hydrogen-bond acceptors (Lipinski definition) is 6. The Morgan fingerprint density at radius 2 is 1.85 bits per heavy atom. The number of halogens is 4. The van der Waals surface area contributed by atoms with Gasteiger partial charge in [-0.15, -0.1) is 0 Å². The summed E-state index contributed by atoms with van der Waals surface area (Å²) in [5, 5.41) is 0. The molecule has 0 radical (unpaired) electrons. The van der Waals surface area contributed by atoms with Gasteiger partial charge in [-0.1, -0.05) is 0 Å². The fourth-order valence-electron chi connectivity index (χ4n) is 5.03.